The van der Waals surface area contributed by atoms with Gasteiger partial charge in [-0.15, -0.1) is 0 Å². The van der Waals surface area contributed by atoms with Crippen LogP contribution in [0.4, 0.5) is 5.69 Å². The third-order valence-electron chi connectivity index (χ3n) is 2.81. The van der Waals surface area contributed by atoms with E-state index in [-0.39, 0.29) is 6.04 Å². The monoisotopic (exact) mass is 216 g/mol. The number of anilines is 1. The van der Waals surface area contributed by atoms with E-state index in [1.54, 1.807) is 0 Å². The zero-order valence-corrected chi connectivity index (χ0v) is 9.71. The second kappa shape index (κ2) is 4.44. The van der Waals surface area contributed by atoms with Crippen molar-refractivity contribution >= 4 is 5.69 Å². The van der Waals surface area contributed by atoms with Crippen molar-refractivity contribution in [1.82, 2.24) is 0 Å². The molecule has 0 amide bonds. The van der Waals surface area contributed by atoms with Crippen molar-refractivity contribution in [2.45, 2.75) is 32.7 Å². The number of nitrogens with zero attached hydrogens (tertiary/aromatic N) is 1. The van der Waals surface area contributed by atoms with E-state index in [2.05, 4.69) is 37.4 Å². The molecule has 1 aromatic rings. The van der Waals surface area contributed by atoms with Gasteiger partial charge in [0.05, 0.1) is 17.8 Å². The minimum Gasteiger partial charge on any atom is -0.489 e. The van der Waals surface area contributed by atoms with Gasteiger partial charge in [0.2, 0.25) is 0 Å². The average molecular weight is 216 g/mol. The van der Waals surface area contributed by atoms with Crippen LogP contribution in [0.15, 0.2) is 12.1 Å². The van der Waals surface area contributed by atoms with Crippen LogP contribution >= 0.6 is 0 Å². The van der Waals surface area contributed by atoms with Gasteiger partial charge in [-0.05, 0) is 37.5 Å². The van der Waals surface area contributed by atoms with E-state index in [1.807, 2.05) is 0 Å². The van der Waals surface area contributed by atoms with E-state index in [0.29, 0.717) is 13.0 Å². The van der Waals surface area contributed by atoms with E-state index < -0.39 is 0 Å². The normalized spacial score (nSPS) is 17.9. The van der Waals surface area contributed by atoms with Crippen molar-refractivity contribution < 1.29 is 4.74 Å². The Morgan fingerprint density at radius 2 is 2.31 bits per heavy atom. The Balaban J connectivity index is 2.17. The van der Waals surface area contributed by atoms with Crippen molar-refractivity contribution in [1.29, 1.82) is 5.26 Å². The molecule has 0 radical (unpaired) electrons. The first-order valence-electron chi connectivity index (χ1n) is 5.58. The second-order valence-electron chi connectivity index (χ2n) is 4.31. The number of hydrogen-bond acceptors (Lipinski definition) is 3. The quantitative estimate of drug-likeness (QED) is 0.826. The summed E-state index contributed by atoms with van der Waals surface area (Å²) < 4.78 is 5.75. The van der Waals surface area contributed by atoms with Gasteiger partial charge < -0.3 is 10.1 Å². The number of benzene rings is 1. The zero-order valence-electron chi connectivity index (χ0n) is 9.71. The second-order valence-corrected chi connectivity index (χ2v) is 4.31. The van der Waals surface area contributed by atoms with Gasteiger partial charge in [0.25, 0.3) is 0 Å². The average Bonchev–Trinajstić information content (AvgIpc) is 2.25. The highest BCUT2D eigenvalue weighted by molar-refractivity contribution is 5.63. The molecule has 1 N–H and O–H groups in total. The highest BCUT2D eigenvalue weighted by atomic mass is 16.5. The number of nitriles is 1. The minimum absolute atomic E-state index is 0.258. The van der Waals surface area contributed by atoms with Gasteiger partial charge in [-0.25, -0.2) is 0 Å². The summed E-state index contributed by atoms with van der Waals surface area (Å²) in [5.74, 6) is 0.957. The third kappa shape index (κ3) is 2.11. The molecular formula is C13H16N2O. The molecule has 0 aliphatic carbocycles. The van der Waals surface area contributed by atoms with Gasteiger partial charge in [-0.1, -0.05) is 6.07 Å². The molecule has 0 saturated heterocycles. The molecule has 16 heavy (non-hydrogen) atoms. The molecule has 1 atom stereocenters. The smallest absolute Gasteiger partial charge is 0.145 e. The first-order chi connectivity index (χ1) is 7.70. The van der Waals surface area contributed by atoms with Gasteiger partial charge in [0.1, 0.15) is 12.4 Å². The molecule has 0 saturated carbocycles. The molecule has 0 fully saturated rings. The Kier molecular flexibility index (Phi) is 3.00. The van der Waals surface area contributed by atoms with Gasteiger partial charge in [0.15, 0.2) is 0 Å². The SMILES string of the molecule is Cc1cc(C)c2c(c1)NC(CCC#N)CO2. The Morgan fingerprint density at radius 3 is 3.06 bits per heavy atom. The standard InChI is InChI=1S/C13H16N2O/c1-9-6-10(2)13-12(7-9)15-11(8-16-13)4-3-5-14/h6-7,11,15H,3-4,8H2,1-2H3. The van der Waals surface area contributed by atoms with Crippen LogP contribution in [0.25, 0.3) is 0 Å². The topological polar surface area (TPSA) is 45.0 Å². The summed E-state index contributed by atoms with van der Waals surface area (Å²) in [6, 6.07) is 6.64. The van der Waals surface area contributed by atoms with Crippen LogP contribution in [-0.2, 0) is 0 Å². The molecule has 1 heterocycles. The maximum absolute atomic E-state index is 8.56. The Hall–Kier alpha value is -1.69. The van der Waals surface area contributed by atoms with E-state index in [0.717, 1.165) is 17.9 Å². The Bertz CT molecular complexity index is 434. The first kappa shape index (κ1) is 10.8. The molecule has 1 aliphatic heterocycles. The summed E-state index contributed by atoms with van der Waals surface area (Å²) in [6.45, 7) is 4.79. The van der Waals surface area contributed by atoms with E-state index in [4.69, 9.17) is 10.00 Å². The lowest BCUT2D eigenvalue weighted by Gasteiger charge is -2.28. The number of fused-ring (bicyclic) bond motifs is 1. The lowest BCUT2D eigenvalue weighted by molar-refractivity contribution is 0.277. The lowest BCUT2D eigenvalue weighted by Crippen LogP contribution is -2.31. The predicted octanol–water partition coefficient (Wildman–Crippen LogP) is 2.78. The first-order valence-corrected chi connectivity index (χ1v) is 5.58. The molecule has 0 spiro atoms. The number of nitrogens with one attached hydrogen (secondary N) is 1. The maximum Gasteiger partial charge on any atom is 0.145 e. The Labute approximate surface area is 96.0 Å². The molecule has 1 aliphatic rings. The summed E-state index contributed by atoms with van der Waals surface area (Å²) in [5, 5.41) is 12.0. The largest absolute Gasteiger partial charge is 0.489 e. The lowest BCUT2D eigenvalue weighted by atomic mass is 10.1. The molecule has 3 heteroatoms. The summed E-state index contributed by atoms with van der Waals surface area (Å²) in [7, 11) is 0. The molecule has 84 valence electrons. The van der Waals surface area contributed by atoms with Crippen LogP contribution in [0.2, 0.25) is 0 Å². The number of ether oxygens (including phenoxy) is 1. The third-order valence-corrected chi connectivity index (χ3v) is 2.81. The van der Waals surface area contributed by atoms with E-state index in [9.17, 15) is 0 Å². The summed E-state index contributed by atoms with van der Waals surface area (Å²) in [4.78, 5) is 0. The van der Waals surface area contributed by atoms with Crippen LogP contribution in [-0.4, -0.2) is 12.6 Å². The van der Waals surface area contributed by atoms with Crippen LogP contribution in [0.5, 0.6) is 5.75 Å². The molecule has 1 unspecified atom stereocenters. The molecule has 0 bridgehead atoms. The summed E-state index contributed by atoms with van der Waals surface area (Å²) in [6.07, 6.45) is 1.41. The van der Waals surface area contributed by atoms with Crippen molar-refractivity contribution in [3.63, 3.8) is 0 Å². The van der Waals surface area contributed by atoms with Crippen LogP contribution < -0.4 is 10.1 Å². The molecule has 0 aromatic heterocycles. The van der Waals surface area contributed by atoms with Gasteiger partial charge in [0, 0.05) is 6.42 Å². The van der Waals surface area contributed by atoms with Crippen LogP contribution in [0.1, 0.15) is 24.0 Å². The van der Waals surface area contributed by atoms with Crippen molar-refractivity contribution in [3.05, 3.63) is 23.3 Å². The molecular weight excluding hydrogens is 200 g/mol. The van der Waals surface area contributed by atoms with Crippen LogP contribution in [0.3, 0.4) is 0 Å². The van der Waals surface area contributed by atoms with Crippen molar-refractivity contribution in [2.24, 2.45) is 0 Å². The highest BCUT2D eigenvalue weighted by Gasteiger charge is 2.20. The van der Waals surface area contributed by atoms with Crippen LogP contribution in [0, 0.1) is 25.2 Å². The predicted molar refractivity (Wildman–Crippen MR) is 63.7 cm³/mol. The zero-order chi connectivity index (χ0) is 11.5. The number of hydrogen-bond donors (Lipinski definition) is 1. The fourth-order valence-electron chi connectivity index (χ4n) is 2.09. The summed E-state index contributed by atoms with van der Waals surface area (Å²) in [5.41, 5.74) is 3.46. The number of aryl methyl sites for hydroxylation is 2. The minimum atomic E-state index is 0.258. The maximum atomic E-state index is 8.56. The molecule has 3 nitrogen and oxygen atoms in total. The van der Waals surface area contributed by atoms with E-state index in [1.165, 1.54) is 11.1 Å². The Morgan fingerprint density at radius 1 is 1.50 bits per heavy atom. The summed E-state index contributed by atoms with van der Waals surface area (Å²) >= 11 is 0. The van der Waals surface area contributed by atoms with Gasteiger partial charge >= 0.3 is 0 Å². The van der Waals surface area contributed by atoms with Gasteiger partial charge in [-0.3, -0.25) is 0 Å². The van der Waals surface area contributed by atoms with Gasteiger partial charge in [-0.2, -0.15) is 5.26 Å². The highest BCUT2D eigenvalue weighted by Crippen LogP contribution is 2.34. The number of rotatable bonds is 2. The fourth-order valence-corrected chi connectivity index (χ4v) is 2.09. The molecule has 2 rings (SSSR count). The van der Waals surface area contributed by atoms with Crippen molar-refractivity contribution in [3.8, 4) is 11.8 Å². The van der Waals surface area contributed by atoms with Crippen molar-refractivity contribution in [2.75, 3.05) is 11.9 Å². The van der Waals surface area contributed by atoms with E-state index >= 15 is 0 Å². The fraction of sp³-hybridized carbons (Fsp3) is 0.462. The molecule has 1 aromatic carbocycles.